The van der Waals surface area contributed by atoms with Gasteiger partial charge in [0.05, 0.1) is 5.69 Å². The largest absolute Gasteiger partial charge is 0.270 e. The highest BCUT2D eigenvalue weighted by Crippen LogP contribution is 2.13. The van der Waals surface area contributed by atoms with Gasteiger partial charge in [-0.25, -0.2) is 0 Å². The SMILES string of the molecule is CCC(Cl)CCCc1cc(C)nn1CC. The Bertz CT molecular complexity index is 294. The average molecular weight is 229 g/mol. The maximum Gasteiger partial charge on any atom is 0.0596 e. The number of hydrogen-bond donors (Lipinski definition) is 0. The van der Waals surface area contributed by atoms with E-state index in [0.29, 0.717) is 5.38 Å². The van der Waals surface area contributed by atoms with Crippen molar-refractivity contribution in [1.29, 1.82) is 0 Å². The molecule has 1 unspecified atom stereocenters. The summed E-state index contributed by atoms with van der Waals surface area (Å²) in [4.78, 5) is 0. The summed E-state index contributed by atoms with van der Waals surface area (Å²) < 4.78 is 2.09. The topological polar surface area (TPSA) is 17.8 Å². The predicted molar refractivity (Wildman–Crippen MR) is 65.5 cm³/mol. The molecule has 2 nitrogen and oxygen atoms in total. The van der Waals surface area contributed by atoms with Crippen LogP contribution in [0.2, 0.25) is 0 Å². The van der Waals surface area contributed by atoms with Crippen LogP contribution in [0.15, 0.2) is 6.07 Å². The van der Waals surface area contributed by atoms with Crippen LogP contribution in [0.4, 0.5) is 0 Å². The van der Waals surface area contributed by atoms with E-state index in [4.69, 9.17) is 11.6 Å². The van der Waals surface area contributed by atoms with Gasteiger partial charge in [0, 0.05) is 17.6 Å². The van der Waals surface area contributed by atoms with E-state index in [9.17, 15) is 0 Å². The zero-order valence-electron chi connectivity index (χ0n) is 9.96. The van der Waals surface area contributed by atoms with Crippen molar-refractivity contribution < 1.29 is 0 Å². The molecule has 0 aliphatic rings. The molecule has 0 aliphatic carbocycles. The van der Waals surface area contributed by atoms with E-state index in [0.717, 1.165) is 37.9 Å². The van der Waals surface area contributed by atoms with Gasteiger partial charge in [-0.1, -0.05) is 6.92 Å². The van der Waals surface area contributed by atoms with Gasteiger partial charge in [-0.2, -0.15) is 5.10 Å². The number of hydrogen-bond acceptors (Lipinski definition) is 1. The summed E-state index contributed by atoms with van der Waals surface area (Å²) in [7, 11) is 0. The zero-order chi connectivity index (χ0) is 11.3. The third-order valence-corrected chi connectivity index (χ3v) is 3.21. The number of aromatic nitrogens is 2. The van der Waals surface area contributed by atoms with Crippen LogP contribution >= 0.6 is 11.6 Å². The van der Waals surface area contributed by atoms with Crippen LogP contribution in [0.25, 0.3) is 0 Å². The normalized spacial score (nSPS) is 13.1. The van der Waals surface area contributed by atoms with E-state index in [1.54, 1.807) is 0 Å². The second-order valence-electron chi connectivity index (χ2n) is 3.99. The third kappa shape index (κ3) is 3.86. The standard InChI is InChI=1S/C12H21ClN2/c1-4-11(13)7-6-8-12-9-10(3)14-15(12)5-2/h9,11H,4-8H2,1-3H3. The molecule has 0 spiro atoms. The van der Waals surface area contributed by atoms with E-state index < -0.39 is 0 Å². The zero-order valence-corrected chi connectivity index (χ0v) is 10.7. The van der Waals surface area contributed by atoms with Crippen molar-refractivity contribution in [1.82, 2.24) is 9.78 Å². The molecule has 86 valence electrons. The van der Waals surface area contributed by atoms with Crippen LogP contribution in [-0.4, -0.2) is 15.2 Å². The minimum atomic E-state index is 0.337. The molecule has 0 radical (unpaired) electrons. The Labute approximate surface area is 97.6 Å². The first-order valence-electron chi connectivity index (χ1n) is 5.84. The first kappa shape index (κ1) is 12.6. The highest BCUT2D eigenvalue weighted by atomic mass is 35.5. The lowest BCUT2D eigenvalue weighted by Gasteiger charge is -2.07. The number of alkyl halides is 1. The van der Waals surface area contributed by atoms with Crippen molar-refractivity contribution in [2.75, 3.05) is 0 Å². The molecule has 1 atom stereocenters. The van der Waals surface area contributed by atoms with E-state index in [-0.39, 0.29) is 0 Å². The third-order valence-electron chi connectivity index (χ3n) is 2.68. The van der Waals surface area contributed by atoms with E-state index in [1.165, 1.54) is 5.69 Å². The summed E-state index contributed by atoms with van der Waals surface area (Å²) in [5, 5.41) is 4.77. The number of aryl methyl sites for hydroxylation is 3. The van der Waals surface area contributed by atoms with E-state index in [1.807, 2.05) is 6.92 Å². The first-order chi connectivity index (χ1) is 7.17. The summed E-state index contributed by atoms with van der Waals surface area (Å²) >= 11 is 6.09. The quantitative estimate of drug-likeness (QED) is 0.681. The monoisotopic (exact) mass is 228 g/mol. The Hall–Kier alpha value is -0.500. The average Bonchev–Trinajstić information content (AvgIpc) is 2.58. The van der Waals surface area contributed by atoms with Crippen molar-refractivity contribution in [3.05, 3.63) is 17.5 Å². The first-order valence-corrected chi connectivity index (χ1v) is 6.28. The van der Waals surface area contributed by atoms with Crippen molar-refractivity contribution >= 4 is 11.6 Å². The lowest BCUT2D eigenvalue weighted by molar-refractivity contribution is 0.590. The molecule has 15 heavy (non-hydrogen) atoms. The van der Waals surface area contributed by atoms with Crippen LogP contribution in [0.3, 0.4) is 0 Å². The van der Waals surface area contributed by atoms with Crippen LogP contribution < -0.4 is 0 Å². The Kier molecular flexibility index (Phi) is 5.16. The highest BCUT2D eigenvalue weighted by molar-refractivity contribution is 6.20. The minimum absolute atomic E-state index is 0.337. The molecular weight excluding hydrogens is 208 g/mol. The van der Waals surface area contributed by atoms with Gasteiger partial charge in [0.15, 0.2) is 0 Å². The molecule has 0 aromatic carbocycles. The second-order valence-corrected chi connectivity index (χ2v) is 4.61. The molecular formula is C12H21ClN2. The molecule has 0 saturated heterocycles. The van der Waals surface area contributed by atoms with E-state index >= 15 is 0 Å². The summed E-state index contributed by atoms with van der Waals surface area (Å²) in [6.07, 6.45) is 4.42. The van der Waals surface area contributed by atoms with Crippen LogP contribution in [0.1, 0.15) is 44.5 Å². The van der Waals surface area contributed by atoms with Gasteiger partial charge < -0.3 is 0 Å². The Balaban J connectivity index is 2.42. The maximum atomic E-state index is 6.09. The molecule has 1 aromatic heterocycles. The molecule has 0 aliphatic heterocycles. The molecule has 1 aromatic rings. The van der Waals surface area contributed by atoms with Gasteiger partial charge in [-0.05, 0) is 45.6 Å². The van der Waals surface area contributed by atoms with Gasteiger partial charge >= 0.3 is 0 Å². The Morgan fingerprint density at radius 1 is 1.47 bits per heavy atom. The summed E-state index contributed by atoms with van der Waals surface area (Å²) in [6, 6.07) is 2.18. The number of nitrogens with zero attached hydrogens (tertiary/aromatic N) is 2. The van der Waals surface area contributed by atoms with Crippen LogP contribution in [0.5, 0.6) is 0 Å². The summed E-state index contributed by atoms with van der Waals surface area (Å²) in [6.45, 7) is 7.28. The number of halogens is 1. The van der Waals surface area contributed by atoms with Crippen molar-refractivity contribution in [2.24, 2.45) is 0 Å². The molecule has 1 rings (SSSR count). The number of rotatable bonds is 6. The van der Waals surface area contributed by atoms with Crippen LogP contribution in [0, 0.1) is 6.92 Å². The molecule has 0 saturated carbocycles. The molecule has 1 heterocycles. The van der Waals surface area contributed by atoms with Gasteiger partial charge in [-0.3, -0.25) is 4.68 Å². The summed E-state index contributed by atoms with van der Waals surface area (Å²) in [5.41, 5.74) is 2.46. The predicted octanol–water partition coefficient (Wildman–Crippen LogP) is 3.55. The highest BCUT2D eigenvalue weighted by Gasteiger charge is 2.05. The lowest BCUT2D eigenvalue weighted by atomic mass is 10.1. The molecule has 3 heteroatoms. The van der Waals surface area contributed by atoms with Crippen molar-refractivity contribution in [3.63, 3.8) is 0 Å². The van der Waals surface area contributed by atoms with Crippen molar-refractivity contribution in [2.45, 2.75) is 58.4 Å². The maximum absolute atomic E-state index is 6.09. The van der Waals surface area contributed by atoms with E-state index in [2.05, 4.69) is 29.7 Å². The fraction of sp³-hybridized carbons (Fsp3) is 0.750. The minimum Gasteiger partial charge on any atom is -0.270 e. The summed E-state index contributed by atoms with van der Waals surface area (Å²) in [5.74, 6) is 0. The lowest BCUT2D eigenvalue weighted by Crippen LogP contribution is -2.04. The van der Waals surface area contributed by atoms with Gasteiger partial charge in [0.25, 0.3) is 0 Å². The Morgan fingerprint density at radius 2 is 2.20 bits per heavy atom. The molecule has 0 bridgehead atoms. The fourth-order valence-electron chi connectivity index (χ4n) is 1.78. The molecule has 0 fully saturated rings. The van der Waals surface area contributed by atoms with Crippen molar-refractivity contribution in [3.8, 4) is 0 Å². The second kappa shape index (κ2) is 6.16. The van der Waals surface area contributed by atoms with Gasteiger partial charge in [-0.15, -0.1) is 11.6 Å². The smallest absolute Gasteiger partial charge is 0.0596 e. The molecule has 0 amide bonds. The van der Waals surface area contributed by atoms with Gasteiger partial charge in [0.2, 0.25) is 0 Å². The fourth-order valence-corrected chi connectivity index (χ4v) is 1.94. The molecule has 0 N–H and O–H groups in total. The van der Waals surface area contributed by atoms with Gasteiger partial charge in [0.1, 0.15) is 0 Å². The van der Waals surface area contributed by atoms with Crippen LogP contribution in [-0.2, 0) is 13.0 Å². The Morgan fingerprint density at radius 3 is 2.80 bits per heavy atom.